The van der Waals surface area contributed by atoms with Crippen LogP contribution >= 0.6 is 11.3 Å². The summed E-state index contributed by atoms with van der Waals surface area (Å²) in [5, 5.41) is 11.7. The molecule has 0 saturated heterocycles. The number of thiophene rings is 1. The van der Waals surface area contributed by atoms with Gasteiger partial charge in [-0.05, 0) is 48.6 Å². The van der Waals surface area contributed by atoms with Crippen LogP contribution in [-0.2, 0) is 19.3 Å². The quantitative estimate of drug-likeness (QED) is 0.837. The molecule has 0 spiro atoms. The Balaban J connectivity index is 2.09. The van der Waals surface area contributed by atoms with Crippen LogP contribution in [0.4, 0.5) is 13.2 Å². The Morgan fingerprint density at radius 2 is 1.78 bits per heavy atom. The van der Waals surface area contributed by atoms with Gasteiger partial charge in [-0.25, -0.2) is 0 Å². The third kappa shape index (κ3) is 5.34. The van der Waals surface area contributed by atoms with Crippen LogP contribution in [0.15, 0.2) is 35.7 Å². The first-order chi connectivity index (χ1) is 10.8. The van der Waals surface area contributed by atoms with Gasteiger partial charge >= 0.3 is 6.18 Å². The SMILES string of the molecule is Cc1ccsc1CN(Cc1ccc(C(F)(F)F)cc1)CC(C)O. The molecule has 1 unspecified atom stereocenters. The van der Waals surface area contributed by atoms with Crippen molar-refractivity contribution in [2.24, 2.45) is 0 Å². The van der Waals surface area contributed by atoms with Crippen LogP contribution in [0.1, 0.15) is 28.5 Å². The minimum atomic E-state index is -4.31. The average Bonchev–Trinajstić information content (AvgIpc) is 2.83. The summed E-state index contributed by atoms with van der Waals surface area (Å²) in [4.78, 5) is 3.25. The van der Waals surface area contributed by atoms with E-state index in [1.807, 2.05) is 23.3 Å². The second-order valence-electron chi connectivity index (χ2n) is 5.74. The van der Waals surface area contributed by atoms with Crippen molar-refractivity contribution in [1.82, 2.24) is 4.90 Å². The number of benzene rings is 1. The van der Waals surface area contributed by atoms with Gasteiger partial charge in [-0.3, -0.25) is 4.90 Å². The molecule has 1 N–H and O–H groups in total. The molecule has 1 aromatic heterocycles. The fourth-order valence-corrected chi connectivity index (χ4v) is 3.33. The molecule has 1 aromatic carbocycles. The second kappa shape index (κ2) is 7.47. The lowest BCUT2D eigenvalue weighted by Gasteiger charge is -2.24. The molecule has 0 aliphatic carbocycles. The smallest absolute Gasteiger partial charge is 0.392 e. The molecule has 2 nitrogen and oxygen atoms in total. The van der Waals surface area contributed by atoms with E-state index in [1.54, 1.807) is 18.3 Å². The molecule has 0 fully saturated rings. The zero-order valence-electron chi connectivity index (χ0n) is 13.1. The van der Waals surface area contributed by atoms with E-state index in [-0.39, 0.29) is 0 Å². The summed E-state index contributed by atoms with van der Waals surface area (Å²) in [5.41, 5.74) is 1.35. The van der Waals surface area contributed by atoms with E-state index in [0.29, 0.717) is 19.6 Å². The fourth-order valence-electron chi connectivity index (χ4n) is 2.39. The number of aliphatic hydroxyl groups is 1. The van der Waals surface area contributed by atoms with E-state index in [4.69, 9.17) is 0 Å². The van der Waals surface area contributed by atoms with Gasteiger partial charge in [0.1, 0.15) is 0 Å². The van der Waals surface area contributed by atoms with Gasteiger partial charge in [-0.15, -0.1) is 11.3 Å². The number of halogens is 3. The number of aliphatic hydroxyl groups excluding tert-OH is 1. The first-order valence-corrected chi connectivity index (χ1v) is 8.23. The standard InChI is InChI=1S/C17H20F3NOS/c1-12-7-8-23-16(12)11-21(9-13(2)22)10-14-3-5-15(6-4-14)17(18,19)20/h3-8,13,22H,9-11H2,1-2H3. The van der Waals surface area contributed by atoms with E-state index in [0.717, 1.165) is 17.7 Å². The predicted octanol–water partition coefficient (Wildman–Crippen LogP) is 4.46. The number of alkyl halides is 3. The third-order valence-electron chi connectivity index (χ3n) is 3.55. The summed E-state index contributed by atoms with van der Waals surface area (Å²) < 4.78 is 37.8. The zero-order valence-corrected chi connectivity index (χ0v) is 13.9. The monoisotopic (exact) mass is 343 g/mol. The minimum Gasteiger partial charge on any atom is -0.392 e. The largest absolute Gasteiger partial charge is 0.416 e. The summed E-state index contributed by atoms with van der Waals surface area (Å²) in [7, 11) is 0. The Kier molecular flexibility index (Phi) is 5.84. The van der Waals surface area contributed by atoms with Crippen LogP contribution in [-0.4, -0.2) is 22.7 Å². The molecule has 126 valence electrons. The lowest BCUT2D eigenvalue weighted by atomic mass is 10.1. The molecule has 0 amide bonds. The average molecular weight is 343 g/mol. The van der Waals surface area contributed by atoms with Crippen LogP contribution in [0.25, 0.3) is 0 Å². The van der Waals surface area contributed by atoms with Gasteiger partial charge in [0.25, 0.3) is 0 Å². The van der Waals surface area contributed by atoms with Crippen molar-refractivity contribution in [1.29, 1.82) is 0 Å². The number of hydrogen-bond donors (Lipinski definition) is 1. The summed E-state index contributed by atoms with van der Waals surface area (Å²) in [5.74, 6) is 0. The molecule has 6 heteroatoms. The first-order valence-electron chi connectivity index (χ1n) is 7.35. The summed E-state index contributed by atoms with van der Waals surface area (Å²) in [6, 6.07) is 7.25. The van der Waals surface area contributed by atoms with E-state index in [1.165, 1.54) is 22.6 Å². The lowest BCUT2D eigenvalue weighted by Crippen LogP contribution is -2.30. The number of aryl methyl sites for hydroxylation is 1. The van der Waals surface area contributed by atoms with Gasteiger partial charge < -0.3 is 5.11 Å². The Bertz CT molecular complexity index is 620. The van der Waals surface area contributed by atoms with E-state index < -0.39 is 17.8 Å². The molecule has 1 atom stereocenters. The molecule has 0 radical (unpaired) electrons. The normalized spacial score (nSPS) is 13.5. The molecule has 1 heterocycles. The van der Waals surface area contributed by atoms with Crippen LogP contribution in [0.3, 0.4) is 0 Å². The highest BCUT2D eigenvalue weighted by molar-refractivity contribution is 7.10. The van der Waals surface area contributed by atoms with Crippen molar-refractivity contribution in [2.75, 3.05) is 6.54 Å². The minimum absolute atomic E-state index is 0.471. The molecular formula is C17H20F3NOS. The van der Waals surface area contributed by atoms with Gasteiger partial charge in [-0.1, -0.05) is 12.1 Å². The Morgan fingerprint density at radius 1 is 1.13 bits per heavy atom. The maximum Gasteiger partial charge on any atom is 0.416 e. The Morgan fingerprint density at radius 3 is 2.26 bits per heavy atom. The van der Waals surface area contributed by atoms with Gasteiger partial charge in [0.15, 0.2) is 0 Å². The van der Waals surface area contributed by atoms with Gasteiger partial charge in [-0.2, -0.15) is 13.2 Å². The van der Waals surface area contributed by atoms with Crippen molar-refractivity contribution in [3.05, 3.63) is 57.3 Å². The lowest BCUT2D eigenvalue weighted by molar-refractivity contribution is -0.137. The Hall–Kier alpha value is -1.37. The van der Waals surface area contributed by atoms with Crippen molar-refractivity contribution in [2.45, 2.75) is 39.2 Å². The second-order valence-corrected chi connectivity index (χ2v) is 6.74. The number of hydrogen-bond acceptors (Lipinski definition) is 3. The van der Waals surface area contributed by atoms with Gasteiger partial charge in [0.05, 0.1) is 11.7 Å². The summed E-state index contributed by atoms with van der Waals surface area (Å²) in [6.07, 6.45) is -4.81. The molecule has 0 bridgehead atoms. The molecule has 2 rings (SSSR count). The highest BCUT2D eigenvalue weighted by atomic mass is 32.1. The zero-order chi connectivity index (χ0) is 17.0. The van der Waals surface area contributed by atoms with E-state index in [2.05, 4.69) is 0 Å². The summed E-state index contributed by atoms with van der Waals surface area (Å²) >= 11 is 1.65. The molecule has 0 aliphatic heterocycles. The predicted molar refractivity (Wildman–Crippen MR) is 86.3 cm³/mol. The van der Waals surface area contributed by atoms with Crippen molar-refractivity contribution < 1.29 is 18.3 Å². The number of nitrogens with zero attached hydrogens (tertiary/aromatic N) is 1. The fraction of sp³-hybridized carbons (Fsp3) is 0.412. The molecular weight excluding hydrogens is 323 g/mol. The van der Waals surface area contributed by atoms with Crippen LogP contribution < -0.4 is 0 Å². The highest BCUT2D eigenvalue weighted by Crippen LogP contribution is 2.29. The topological polar surface area (TPSA) is 23.5 Å². The van der Waals surface area contributed by atoms with Crippen LogP contribution in [0.2, 0.25) is 0 Å². The van der Waals surface area contributed by atoms with E-state index >= 15 is 0 Å². The molecule has 0 saturated carbocycles. The first kappa shape index (κ1) is 18.0. The van der Waals surface area contributed by atoms with Crippen molar-refractivity contribution in [3.8, 4) is 0 Å². The maximum absolute atomic E-state index is 12.6. The highest BCUT2D eigenvalue weighted by Gasteiger charge is 2.30. The van der Waals surface area contributed by atoms with Crippen molar-refractivity contribution >= 4 is 11.3 Å². The maximum atomic E-state index is 12.6. The van der Waals surface area contributed by atoms with Gasteiger partial charge in [0, 0.05) is 24.5 Å². The van der Waals surface area contributed by atoms with Crippen LogP contribution in [0.5, 0.6) is 0 Å². The third-order valence-corrected chi connectivity index (χ3v) is 4.55. The van der Waals surface area contributed by atoms with Gasteiger partial charge in [0.2, 0.25) is 0 Å². The van der Waals surface area contributed by atoms with E-state index in [9.17, 15) is 18.3 Å². The van der Waals surface area contributed by atoms with Crippen molar-refractivity contribution in [3.63, 3.8) is 0 Å². The van der Waals surface area contributed by atoms with Crippen LogP contribution in [0, 0.1) is 6.92 Å². The summed E-state index contributed by atoms with van der Waals surface area (Å²) in [6.45, 7) is 5.39. The Labute approximate surface area is 138 Å². The molecule has 2 aromatic rings. The molecule has 0 aliphatic rings. The number of rotatable bonds is 6. The molecule has 23 heavy (non-hydrogen) atoms.